The van der Waals surface area contributed by atoms with E-state index >= 15 is 0 Å². The van der Waals surface area contributed by atoms with Crippen molar-refractivity contribution < 1.29 is 4.39 Å². The second-order valence-corrected chi connectivity index (χ2v) is 3.23. The van der Waals surface area contributed by atoms with Crippen molar-refractivity contribution in [1.82, 2.24) is 9.97 Å². The highest BCUT2D eigenvalue weighted by Crippen LogP contribution is 2.18. The van der Waals surface area contributed by atoms with Crippen molar-refractivity contribution in [3.63, 3.8) is 0 Å². The fraction of sp³-hybridized carbons (Fsp3) is 0.200. The Hall–Kier alpha value is -1.75. The van der Waals surface area contributed by atoms with Gasteiger partial charge in [-0.2, -0.15) is 0 Å². The first kappa shape index (κ1) is 9.79. The molecule has 0 fully saturated rings. The standard InChI is InChI=1S/C10H11FN4/c11-6-1-2-7-8(5-6)14-9(3-4-12)15-10(7)13/h1-2,5H,3-4,12H2,(H2,13,14,15). The van der Waals surface area contributed by atoms with Gasteiger partial charge in [0, 0.05) is 17.9 Å². The number of aromatic nitrogens is 2. The third kappa shape index (κ3) is 1.87. The second kappa shape index (κ2) is 3.78. The SMILES string of the molecule is NCCc1nc(N)c2ccc(F)cc2n1. The van der Waals surface area contributed by atoms with Gasteiger partial charge in [0.1, 0.15) is 17.5 Å². The van der Waals surface area contributed by atoms with Crippen LogP contribution in [0, 0.1) is 5.82 Å². The highest BCUT2D eigenvalue weighted by atomic mass is 19.1. The summed E-state index contributed by atoms with van der Waals surface area (Å²) in [4.78, 5) is 8.26. The topological polar surface area (TPSA) is 77.8 Å². The number of nitrogen functional groups attached to an aromatic ring is 1. The average Bonchev–Trinajstić information content (AvgIpc) is 2.17. The lowest BCUT2D eigenvalue weighted by Crippen LogP contribution is -2.08. The highest BCUT2D eigenvalue weighted by molar-refractivity contribution is 5.87. The molecule has 5 heteroatoms. The smallest absolute Gasteiger partial charge is 0.135 e. The molecule has 0 amide bonds. The quantitative estimate of drug-likeness (QED) is 0.763. The van der Waals surface area contributed by atoms with Gasteiger partial charge in [0.05, 0.1) is 5.52 Å². The van der Waals surface area contributed by atoms with Crippen LogP contribution in [0.3, 0.4) is 0 Å². The number of fused-ring (bicyclic) bond motifs is 1. The van der Waals surface area contributed by atoms with Gasteiger partial charge in [0.25, 0.3) is 0 Å². The van der Waals surface area contributed by atoms with Gasteiger partial charge in [0.15, 0.2) is 0 Å². The largest absolute Gasteiger partial charge is 0.383 e. The molecular weight excluding hydrogens is 195 g/mol. The first-order valence-electron chi connectivity index (χ1n) is 4.62. The summed E-state index contributed by atoms with van der Waals surface area (Å²) in [6, 6.07) is 4.25. The summed E-state index contributed by atoms with van der Waals surface area (Å²) in [5.74, 6) is 0.579. The first-order chi connectivity index (χ1) is 7.20. The van der Waals surface area contributed by atoms with Crippen molar-refractivity contribution in [1.29, 1.82) is 0 Å². The Balaban J connectivity index is 2.63. The number of hydrogen-bond donors (Lipinski definition) is 2. The monoisotopic (exact) mass is 206 g/mol. The summed E-state index contributed by atoms with van der Waals surface area (Å²) < 4.78 is 13.0. The number of benzene rings is 1. The van der Waals surface area contributed by atoms with E-state index < -0.39 is 0 Å². The van der Waals surface area contributed by atoms with E-state index in [1.807, 2.05) is 0 Å². The van der Waals surface area contributed by atoms with Gasteiger partial charge in [-0.05, 0) is 18.7 Å². The molecule has 0 saturated carbocycles. The van der Waals surface area contributed by atoms with Gasteiger partial charge in [-0.25, -0.2) is 14.4 Å². The summed E-state index contributed by atoms with van der Waals surface area (Å²) >= 11 is 0. The summed E-state index contributed by atoms with van der Waals surface area (Å²) in [6.45, 7) is 0.445. The lowest BCUT2D eigenvalue weighted by atomic mass is 10.2. The molecule has 78 valence electrons. The molecule has 4 N–H and O–H groups in total. The molecule has 1 aromatic heterocycles. The maximum atomic E-state index is 13.0. The fourth-order valence-corrected chi connectivity index (χ4v) is 1.42. The maximum Gasteiger partial charge on any atom is 0.135 e. The van der Waals surface area contributed by atoms with E-state index in [1.54, 1.807) is 6.07 Å². The normalized spacial score (nSPS) is 10.8. The lowest BCUT2D eigenvalue weighted by molar-refractivity contribution is 0.629. The zero-order chi connectivity index (χ0) is 10.8. The van der Waals surface area contributed by atoms with E-state index in [9.17, 15) is 4.39 Å². The molecule has 1 aromatic carbocycles. The van der Waals surface area contributed by atoms with Gasteiger partial charge < -0.3 is 11.5 Å². The molecule has 0 atom stereocenters. The van der Waals surface area contributed by atoms with Gasteiger partial charge in [-0.1, -0.05) is 0 Å². The van der Waals surface area contributed by atoms with Gasteiger partial charge in [0.2, 0.25) is 0 Å². The number of nitrogens with two attached hydrogens (primary N) is 2. The summed E-state index contributed by atoms with van der Waals surface area (Å²) in [5.41, 5.74) is 11.6. The third-order valence-corrected chi connectivity index (χ3v) is 2.10. The molecule has 2 rings (SSSR count). The van der Waals surface area contributed by atoms with Crippen LogP contribution < -0.4 is 11.5 Å². The molecule has 0 saturated heterocycles. The molecule has 2 aromatic rings. The second-order valence-electron chi connectivity index (χ2n) is 3.23. The molecule has 0 radical (unpaired) electrons. The molecular formula is C10H11FN4. The van der Waals surface area contributed by atoms with Crippen molar-refractivity contribution in [3.05, 3.63) is 29.8 Å². The zero-order valence-electron chi connectivity index (χ0n) is 8.07. The Labute approximate surface area is 86.1 Å². The van der Waals surface area contributed by atoms with Crippen LogP contribution in [0.1, 0.15) is 5.82 Å². The molecule has 0 spiro atoms. The fourth-order valence-electron chi connectivity index (χ4n) is 1.42. The Bertz CT molecular complexity index is 498. The highest BCUT2D eigenvalue weighted by Gasteiger charge is 2.05. The third-order valence-electron chi connectivity index (χ3n) is 2.10. The Morgan fingerprint density at radius 3 is 2.80 bits per heavy atom. The van der Waals surface area contributed by atoms with Crippen LogP contribution in [0.15, 0.2) is 18.2 Å². The van der Waals surface area contributed by atoms with Crippen molar-refractivity contribution in [2.24, 2.45) is 5.73 Å². The summed E-state index contributed by atoms with van der Waals surface area (Å²) in [6.07, 6.45) is 0.538. The van der Waals surface area contributed by atoms with Crippen LogP contribution >= 0.6 is 0 Å². The molecule has 0 bridgehead atoms. The molecule has 15 heavy (non-hydrogen) atoms. The number of rotatable bonds is 2. The molecule has 0 aliphatic carbocycles. The molecule has 0 aliphatic rings. The number of anilines is 1. The van der Waals surface area contributed by atoms with Gasteiger partial charge in [-0.15, -0.1) is 0 Å². The van der Waals surface area contributed by atoms with Crippen LogP contribution in [0.4, 0.5) is 10.2 Å². The summed E-state index contributed by atoms with van der Waals surface area (Å²) in [5, 5.41) is 0.664. The predicted octanol–water partition coefficient (Wildman–Crippen LogP) is 0.852. The number of halogens is 1. The summed E-state index contributed by atoms with van der Waals surface area (Å²) in [7, 11) is 0. The van der Waals surface area contributed by atoms with E-state index in [0.29, 0.717) is 35.5 Å². The predicted molar refractivity (Wildman–Crippen MR) is 56.7 cm³/mol. The van der Waals surface area contributed by atoms with Crippen molar-refractivity contribution in [2.45, 2.75) is 6.42 Å². The lowest BCUT2D eigenvalue weighted by Gasteiger charge is -2.04. The maximum absolute atomic E-state index is 13.0. The van der Waals surface area contributed by atoms with Crippen molar-refractivity contribution in [3.8, 4) is 0 Å². The first-order valence-corrected chi connectivity index (χ1v) is 4.62. The van der Waals surface area contributed by atoms with E-state index in [1.165, 1.54) is 12.1 Å². The van der Waals surface area contributed by atoms with Crippen LogP contribution in [0.25, 0.3) is 10.9 Å². The van der Waals surface area contributed by atoms with E-state index in [-0.39, 0.29) is 5.82 Å². The molecule has 4 nitrogen and oxygen atoms in total. The zero-order valence-corrected chi connectivity index (χ0v) is 8.07. The molecule has 0 unspecified atom stereocenters. The van der Waals surface area contributed by atoms with Gasteiger partial charge >= 0.3 is 0 Å². The van der Waals surface area contributed by atoms with Crippen LogP contribution in [0.2, 0.25) is 0 Å². The van der Waals surface area contributed by atoms with Crippen LogP contribution in [-0.2, 0) is 6.42 Å². The molecule has 1 heterocycles. The minimum atomic E-state index is -0.334. The van der Waals surface area contributed by atoms with E-state index in [4.69, 9.17) is 11.5 Å². The Kier molecular flexibility index (Phi) is 2.47. The van der Waals surface area contributed by atoms with Crippen LogP contribution in [0.5, 0.6) is 0 Å². The Morgan fingerprint density at radius 2 is 2.07 bits per heavy atom. The van der Waals surface area contributed by atoms with Crippen molar-refractivity contribution >= 4 is 16.7 Å². The number of nitrogens with zero attached hydrogens (tertiary/aromatic N) is 2. The Morgan fingerprint density at radius 1 is 1.27 bits per heavy atom. The van der Waals surface area contributed by atoms with E-state index in [0.717, 1.165) is 0 Å². The average molecular weight is 206 g/mol. The number of hydrogen-bond acceptors (Lipinski definition) is 4. The van der Waals surface area contributed by atoms with Crippen molar-refractivity contribution in [2.75, 3.05) is 12.3 Å². The minimum absolute atomic E-state index is 0.334. The van der Waals surface area contributed by atoms with Gasteiger partial charge in [-0.3, -0.25) is 0 Å². The molecule has 0 aliphatic heterocycles. The van der Waals surface area contributed by atoms with E-state index in [2.05, 4.69) is 9.97 Å². The minimum Gasteiger partial charge on any atom is -0.383 e. The van der Waals surface area contributed by atoms with Crippen LogP contribution in [-0.4, -0.2) is 16.5 Å².